The van der Waals surface area contributed by atoms with Gasteiger partial charge in [0.15, 0.2) is 0 Å². The van der Waals surface area contributed by atoms with Gasteiger partial charge in [-0.3, -0.25) is 4.79 Å². The zero-order valence-electron chi connectivity index (χ0n) is 12.9. The SMILES string of the molecule is CC1(C)CCCN(C(=O)c2csc(N3CCOCC3)c2)C1. The lowest BCUT2D eigenvalue weighted by Crippen LogP contribution is -2.43. The number of hydrogen-bond acceptors (Lipinski definition) is 4. The first-order valence-corrected chi connectivity index (χ1v) is 8.64. The van der Waals surface area contributed by atoms with E-state index in [4.69, 9.17) is 4.74 Å². The Kier molecular flexibility index (Phi) is 4.22. The number of thiophene rings is 1. The van der Waals surface area contributed by atoms with Gasteiger partial charge in [0.05, 0.1) is 23.8 Å². The molecular weight excluding hydrogens is 284 g/mol. The first kappa shape index (κ1) is 14.9. The molecule has 2 aliphatic rings. The topological polar surface area (TPSA) is 32.8 Å². The van der Waals surface area contributed by atoms with Crippen LogP contribution in [0.3, 0.4) is 0 Å². The highest BCUT2D eigenvalue weighted by Crippen LogP contribution is 2.31. The second-order valence-electron chi connectivity index (χ2n) is 6.77. The van der Waals surface area contributed by atoms with E-state index in [1.54, 1.807) is 11.3 Å². The van der Waals surface area contributed by atoms with Crippen LogP contribution in [0.25, 0.3) is 0 Å². The third-order valence-corrected chi connectivity index (χ3v) is 5.33. The van der Waals surface area contributed by atoms with Crippen molar-refractivity contribution in [3.8, 4) is 0 Å². The number of rotatable bonds is 2. The summed E-state index contributed by atoms with van der Waals surface area (Å²) in [6.45, 7) is 9.66. The van der Waals surface area contributed by atoms with E-state index in [9.17, 15) is 4.79 Å². The van der Waals surface area contributed by atoms with E-state index in [1.165, 1.54) is 11.4 Å². The number of amides is 1. The molecule has 21 heavy (non-hydrogen) atoms. The van der Waals surface area contributed by atoms with Crippen molar-refractivity contribution in [3.05, 3.63) is 17.0 Å². The fraction of sp³-hybridized carbons (Fsp3) is 0.688. The van der Waals surface area contributed by atoms with Crippen LogP contribution in [-0.4, -0.2) is 50.2 Å². The number of morpholine rings is 1. The second-order valence-corrected chi connectivity index (χ2v) is 7.66. The largest absolute Gasteiger partial charge is 0.378 e. The summed E-state index contributed by atoms with van der Waals surface area (Å²) in [4.78, 5) is 17.0. The zero-order valence-corrected chi connectivity index (χ0v) is 13.7. The minimum absolute atomic E-state index is 0.193. The highest BCUT2D eigenvalue weighted by Gasteiger charge is 2.30. The van der Waals surface area contributed by atoms with E-state index in [2.05, 4.69) is 24.8 Å². The highest BCUT2D eigenvalue weighted by molar-refractivity contribution is 7.14. The summed E-state index contributed by atoms with van der Waals surface area (Å²) < 4.78 is 5.38. The summed E-state index contributed by atoms with van der Waals surface area (Å²) in [5.41, 5.74) is 1.09. The van der Waals surface area contributed by atoms with Crippen molar-refractivity contribution in [1.29, 1.82) is 0 Å². The van der Waals surface area contributed by atoms with Gasteiger partial charge in [0, 0.05) is 31.6 Å². The van der Waals surface area contributed by atoms with Crippen molar-refractivity contribution in [2.24, 2.45) is 5.41 Å². The average Bonchev–Trinajstić information content (AvgIpc) is 2.96. The molecule has 0 aliphatic carbocycles. The first-order chi connectivity index (χ1) is 10.1. The van der Waals surface area contributed by atoms with Crippen LogP contribution in [0.15, 0.2) is 11.4 Å². The number of carbonyl (C=O) groups excluding carboxylic acids is 1. The molecule has 1 aromatic rings. The Balaban J connectivity index is 1.69. The van der Waals surface area contributed by atoms with Crippen LogP contribution in [0.5, 0.6) is 0 Å². The number of likely N-dealkylation sites (tertiary alicyclic amines) is 1. The predicted octanol–water partition coefficient (Wildman–Crippen LogP) is 2.85. The third-order valence-electron chi connectivity index (χ3n) is 4.34. The third kappa shape index (κ3) is 3.40. The fourth-order valence-electron chi connectivity index (χ4n) is 3.17. The second kappa shape index (κ2) is 5.97. The molecule has 0 aromatic carbocycles. The lowest BCUT2D eigenvalue weighted by Gasteiger charge is -2.38. The molecule has 2 fully saturated rings. The Bertz CT molecular complexity index is 506. The molecule has 5 heteroatoms. The van der Waals surface area contributed by atoms with Crippen LogP contribution >= 0.6 is 11.3 Å². The van der Waals surface area contributed by atoms with E-state index in [-0.39, 0.29) is 11.3 Å². The van der Waals surface area contributed by atoms with Gasteiger partial charge >= 0.3 is 0 Å². The molecule has 0 saturated carbocycles. The highest BCUT2D eigenvalue weighted by atomic mass is 32.1. The minimum Gasteiger partial charge on any atom is -0.378 e. The van der Waals surface area contributed by atoms with E-state index in [0.29, 0.717) is 0 Å². The number of anilines is 1. The lowest BCUT2D eigenvalue weighted by atomic mass is 9.84. The van der Waals surface area contributed by atoms with E-state index < -0.39 is 0 Å². The molecule has 0 N–H and O–H groups in total. The van der Waals surface area contributed by atoms with Crippen molar-refractivity contribution in [3.63, 3.8) is 0 Å². The van der Waals surface area contributed by atoms with Gasteiger partial charge in [0.2, 0.25) is 0 Å². The Hall–Kier alpha value is -1.07. The summed E-state index contributed by atoms with van der Waals surface area (Å²) >= 11 is 1.67. The standard InChI is InChI=1S/C16H24N2O2S/c1-16(2)4-3-5-18(12-16)15(19)13-10-14(21-11-13)17-6-8-20-9-7-17/h10-11H,3-9,12H2,1-2H3. The van der Waals surface area contributed by atoms with Gasteiger partial charge in [-0.25, -0.2) is 0 Å². The van der Waals surface area contributed by atoms with Crippen molar-refractivity contribution in [2.45, 2.75) is 26.7 Å². The molecule has 0 radical (unpaired) electrons. The smallest absolute Gasteiger partial charge is 0.254 e. The van der Waals surface area contributed by atoms with Gasteiger partial charge in [0.1, 0.15) is 0 Å². The maximum atomic E-state index is 12.7. The monoisotopic (exact) mass is 308 g/mol. The Labute approximate surface area is 130 Å². The van der Waals surface area contributed by atoms with E-state index >= 15 is 0 Å². The Morgan fingerprint density at radius 1 is 1.29 bits per heavy atom. The maximum Gasteiger partial charge on any atom is 0.254 e. The van der Waals surface area contributed by atoms with Crippen LogP contribution in [0.2, 0.25) is 0 Å². The van der Waals surface area contributed by atoms with Crippen LogP contribution in [-0.2, 0) is 4.74 Å². The van der Waals surface area contributed by atoms with Crippen molar-refractivity contribution in [1.82, 2.24) is 4.90 Å². The van der Waals surface area contributed by atoms with Crippen LogP contribution in [0, 0.1) is 5.41 Å². The molecule has 3 rings (SSSR count). The molecule has 2 aliphatic heterocycles. The average molecular weight is 308 g/mol. The number of nitrogens with zero attached hydrogens (tertiary/aromatic N) is 2. The maximum absolute atomic E-state index is 12.7. The van der Waals surface area contributed by atoms with Gasteiger partial charge < -0.3 is 14.5 Å². The summed E-state index contributed by atoms with van der Waals surface area (Å²) in [5, 5.41) is 3.20. The molecule has 0 unspecified atom stereocenters. The molecule has 1 amide bonds. The molecule has 1 aromatic heterocycles. The molecule has 0 spiro atoms. The molecule has 0 atom stereocenters. The van der Waals surface area contributed by atoms with Crippen LogP contribution < -0.4 is 4.90 Å². The van der Waals surface area contributed by atoms with E-state index in [0.717, 1.165) is 51.4 Å². The molecule has 3 heterocycles. The summed E-state index contributed by atoms with van der Waals surface area (Å²) in [5.74, 6) is 0.193. The quantitative estimate of drug-likeness (QED) is 0.842. The van der Waals surface area contributed by atoms with E-state index in [1.807, 2.05) is 10.3 Å². The molecular formula is C16H24N2O2S. The predicted molar refractivity (Wildman–Crippen MR) is 86.3 cm³/mol. The summed E-state index contributed by atoms with van der Waals surface area (Å²) in [6.07, 6.45) is 2.32. The minimum atomic E-state index is 0.193. The number of ether oxygens (including phenoxy) is 1. The molecule has 4 nitrogen and oxygen atoms in total. The lowest BCUT2D eigenvalue weighted by molar-refractivity contribution is 0.0584. The van der Waals surface area contributed by atoms with Crippen LogP contribution in [0.1, 0.15) is 37.0 Å². The van der Waals surface area contributed by atoms with Gasteiger partial charge in [-0.1, -0.05) is 13.8 Å². The Morgan fingerprint density at radius 3 is 2.76 bits per heavy atom. The number of carbonyl (C=O) groups is 1. The number of piperidine rings is 1. The Morgan fingerprint density at radius 2 is 2.05 bits per heavy atom. The molecule has 2 saturated heterocycles. The van der Waals surface area contributed by atoms with Gasteiger partial charge in [-0.2, -0.15) is 0 Å². The number of hydrogen-bond donors (Lipinski definition) is 0. The fourth-order valence-corrected chi connectivity index (χ4v) is 4.11. The normalized spacial score (nSPS) is 22.4. The van der Waals surface area contributed by atoms with Crippen molar-refractivity contribution in [2.75, 3.05) is 44.3 Å². The van der Waals surface area contributed by atoms with Gasteiger partial charge in [-0.15, -0.1) is 11.3 Å². The van der Waals surface area contributed by atoms with Gasteiger partial charge in [-0.05, 0) is 24.3 Å². The van der Waals surface area contributed by atoms with Crippen molar-refractivity contribution >= 4 is 22.2 Å². The van der Waals surface area contributed by atoms with Crippen LogP contribution in [0.4, 0.5) is 5.00 Å². The van der Waals surface area contributed by atoms with Crippen molar-refractivity contribution < 1.29 is 9.53 Å². The molecule has 0 bridgehead atoms. The summed E-state index contributed by atoms with van der Waals surface area (Å²) in [6, 6.07) is 2.06. The first-order valence-electron chi connectivity index (χ1n) is 7.76. The van der Waals surface area contributed by atoms with Gasteiger partial charge in [0.25, 0.3) is 5.91 Å². The summed E-state index contributed by atoms with van der Waals surface area (Å²) in [7, 11) is 0. The zero-order chi connectivity index (χ0) is 14.9. The molecule has 116 valence electrons.